The van der Waals surface area contributed by atoms with Gasteiger partial charge in [0, 0.05) is 12.6 Å². The van der Waals surface area contributed by atoms with E-state index >= 15 is 0 Å². The Kier molecular flexibility index (Phi) is 2.70. The highest BCUT2D eigenvalue weighted by Gasteiger charge is 2.09. The smallest absolute Gasteiger partial charge is 0.106 e. The Morgan fingerprint density at radius 1 is 1.47 bits per heavy atom. The molecule has 0 spiro atoms. The fourth-order valence-corrected chi connectivity index (χ4v) is 1.72. The van der Waals surface area contributed by atoms with Crippen molar-refractivity contribution in [3.8, 4) is 0 Å². The molecule has 1 aromatic carbocycles. The second-order valence-electron chi connectivity index (χ2n) is 3.70. The van der Waals surface area contributed by atoms with E-state index in [-0.39, 0.29) is 12.6 Å². The van der Waals surface area contributed by atoms with Gasteiger partial charge < -0.3 is 15.4 Å². The molecule has 0 bridgehead atoms. The Bertz CT molecular complexity index is 464. The van der Waals surface area contributed by atoms with Gasteiger partial charge in [0.1, 0.15) is 5.82 Å². The van der Waals surface area contributed by atoms with Crippen LogP contribution in [0.3, 0.4) is 0 Å². The molecule has 0 saturated carbocycles. The second-order valence-corrected chi connectivity index (χ2v) is 3.70. The molecule has 0 radical (unpaired) electrons. The lowest BCUT2D eigenvalue weighted by atomic mass is 10.3. The average Bonchev–Trinajstić information content (AvgIpc) is 2.55. The molecule has 4 nitrogen and oxygen atoms in total. The molecule has 0 fully saturated rings. The van der Waals surface area contributed by atoms with Crippen LogP contribution in [0.2, 0.25) is 0 Å². The summed E-state index contributed by atoms with van der Waals surface area (Å²) in [6.07, 6.45) is 0. The van der Waals surface area contributed by atoms with Crippen molar-refractivity contribution in [1.82, 2.24) is 9.55 Å². The van der Waals surface area contributed by atoms with E-state index in [0.29, 0.717) is 6.54 Å². The molecule has 0 amide bonds. The molecule has 1 heterocycles. The maximum absolute atomic E-state index is 8.94. The Morgan fingerprint density at radius 3 is 2.93 bits per heavy atom. The van der Waals surface area contributed by atoms with Crippen LogP contribution in [0.15, 0.2) is 24.3 Å². The SMILES string of the molecule is Cc1nc2ccccc2n1CC(N)CO. The third-order valence-electron chi connectivity index (χ3n) is 2.50. The number of benzene rings is 1. The molecular weight excluding hydrogens is 190 g/mol. The first-order chi connectivity index (χ1) is 7.22. The van der Waals surface area contributed by atoms with Gasteiger partial charge in [-0.25, -0.2) is 4.98 Å². The van der Waals surface area contributed by atoms with Crippen LogP contribution in [0.5, 0.6) is 0 Å². The minimum atomic E-state index is -0.235. The monoisotopic (exact) mass is 205 g/mol. The highest BCUT2D eigenvalue weighted by molar-refractivity contribution is 5.75. The van der Waals surface area contributed by atoms with Crippen molar-refractivity contribution in [2.75, 3.05) is 6.61 Å². The van der Waals surface area contributed by atoms with E-state index in [1.807, 2.05) is 35.8 Å². The lowest BCUT2D eigenvalue weighted by Crippen LogP contribution is -2.30. The number of para-hydroxylation sites is 2. The summed E-state index contributed by atoms with van der Waals surface area (Å²) < 4.78 is 2.04. The van der Waals surface area contributed by atoms with E-state index in [9.17, 15) is 0 Å². The topological polar surface area (TPSA) is 64.1 Å². The first-order valence-electron chi connectivity index (χ1n) is 5.00. The number of nitrogens with two attached hydrogens (primary N) is 1. The first-order valence-corrected chi connectivity index (χ1v) is 5.00. The van der Waals surface area contributed by atoms with E-state index in [1.54, 1.807) is 0 Å². The summed E-state index contributed by atoms with van der Waals surface area (Å²) in [5.74, 6) is 0.931. The van der Waals surface area contributed by atoms with Crippen LogP contribution >= 0.6 is 0 Å². The van der Waals surface area contributed by atoms with Gasteiger partial charge >= 0.3 is 0 Å². The van der Waals surface area contributed by atoms with Crippen LogP contribution < -0.4 is 5.73 Å². The van der Waals surface area contributed by atoms with Gasteiger partial charge in [-0.1, -0.05) is 12.1 Å². The van der Waals surface area contributed by atoms with Crippen molar-refractivity contribution >= 4 is 11.0 Å². The number of imidazole rings is 1. The molecule has 80 valence electrons. The minimum absolute atomic E-state index is 0.00799. The van der Waals surface area contributed by atoms with Crippen LogP contribution in [-0.4, -0.2) is 27.3 Å². The summed E-state index contributed by atoms with van der Waals surface area (Å²) in [4.78, 5) is 4.43. The molecule has 2 rings (SSSR count). The van der Waals surface area contributed by atoms with Crippen molar-refractivity contribution in [2.24, 2.45) is 5.73 Å². The van der Waals surface area contributed by atoms with Crippen LogP contribution in [0.1, 0.15) is 5.82 Å². The Labute approximate surface area is 88.3 Å². The van der Waals surface area contributed by atoms with Crippen molar-refractivity contribution in [2.45, 2.75) is 19.5 Å². The number of aryl methyl sites for hydroxylation is 1. The number of aliphatic hydroxyl groups is 1. The van der Waals surface area contributed by atoms with Crippen molar-refractivity contribution in [1.29, 1.82) is 0 Å². The summed E-state index contributed by atoms with van der Waals surface area (Å²) in [5.41, 5.74) is 7.77. The number of aromatic nitrogens is 2. The van der Waals surface area contributed by atoms with E-state index in [1.165, 1.54) is 0 Å². The van der Waals surface area contributed by atoms with Crippen LogP contribution in [0.4, 0.5) is 0 Å². The van der Waals surface area contributed by atoms with Crippen molar-refractivity contribution in [3.05, 3.63) is 30.1 Å². The molecule has 15 heavy (non-hydrogen) atoms. The molecule has 0 aliphatic carbocycles. The Morgan fingerprint density at radius 2 is 2.20 bits per heavy atom. The maximum Gasteiger partial charge on any atom is 0.106 e. The molecule has 1 aromatic heterocycles. The highest BCUT2D eigenvalue weighted by Crippen LogP contribution is 2.15. The number of fused-ring (bicyclic) bond motifs is 1. The van der Waals surface area contributed by atoms with Gasteiger partial charge in [-0.05, 0) is 19.1 Å². The summed E-state index contributed by atoms with van der Waals surface area (Å²) >= 11 is 0. The summed E-state index contributed by atoms with van der Waals surface area (Å²) in [6, 6.07) is 7.69. The quantitative estimate of drug-likeness (QED) is 0.774. The van der Waals surface area contributed by atoms with Crippen LogP contribution in [-0.2, 0) is 6.54 Å². The first kappa shape index (κ1) is 10.1. The normalized spacial score (nSPS) is 13.3. The van der Waals surface area contributed by atoms with E-state index in [4.69, 9.17) is 10.8 Å². The lowest BCUT2D eigenvalue weighted by Gasteiger charge is -2.11. The zero-order chi connectivity index (χ0) is 10.8. The molecule has 4 heteroatoms. The number of rotatable bonds is 3. The summed E-state index contributed by atoms with van der Waals surface area (Å²) in [5, 5.41) is 8.94. The second kappa shape index (κ2) is 4.00. The number of hydrogen-bond acceptors (Lipinski definition) is 3. The van der Waals surface area contributed by atoms with Gasteiger partial charge in [-0.15, -0.1) is 0 Å². The van der Waals surface area contributed by atoms with Gasteiger partial charge in [0.05, 0.1) is 17.6 Å². The number of nitrogens with zero attached hydrogens (tertiary/aromatic N) is 2. The summed E-state index contributed by atoms with van der Waals surface area (Å²) in [6.45, 7) is 2.54. The van der Waals surface area contributed by atoms with Crippen LogP contribution in [0, 0.1) is 6.92 Å². The molecular formula is C11H15N3O. The molecule has 1 unspecified atom stereocenters. The third-order valence-corrected chi connectivity index (χ3v) is 2.50. The van der Waals surface area contributed by atoms with Gasteiger partial charge in [0.25, 0.3) is 0 Å². The predicted octanol–water partition coefficient (Wildman–Crippen LogP) is 0.664. The number of hydrogen-bond donors (Lipinski definition) is 2. The van der Waals surface area contributed by atoms with Crippen LogP contribution in [0.25, 0.3) is 11.0 Å². The number of aliphatic hydroxyl groups excluding tert-OH is 1. The summed E-state index contributed by atoms with van der Waals surface area (Å²) in [7, 11) is 0. The molecule has 2 aromatic rings. The Hall–Kier alpha value is -1.39. The largest absolute Gasteiger partial charge is 0.395 e. The Balaban J connectivity index is 2.45. The zero-order valence-corrected chi connectivity index (χ0v) is 8.72. The van der Waals surface area contributed by atoms with E-state index in [2.05, 4.69) is 4.98 Å². The van der Waals surface area contributed by atoms with Crippen molar-refractivity contribution < 1.29 is 5.11 Å². The van der Waals surface area contributed by atoms with Gasteiger partial charge in [-0.3, -0.25) is 0 Å². The van der Waals surface area contributed by atoms with Gasteiger partial charge in [0.2, 0.25) is 0 Å². The molecule has 3 N–H and O–H groups in total. The third kappa shape index (κ3) is 1.86. The average molecular weight is 205 g/mol. The standard InChI is InChI=1S/C11H15N3O/c1-8-13-10-4-2-3-5-11(10)14(8)6-9(12)7-15/h2-5,9,15H,6-7,12H2,1H3. The fraction of sp³-hybridized carbons (Fsp3) is 0.364. The lowest BCUT2D eigenvalue weighted by molar-refractivity contribution is 0.254. The molecule has 0 aliphatic rings. The maximum atomic E-state index is 8.94. The molecule has 0 aliphatic heterocycles. The minimum Gasteiger partial charge on any atom is -0.395 e. The zero-order valence-electron chi connectivity index (χ0n) is 8.72. The van der Waals surface area contributed by atoms with E-state index in [0.717, 1.165) is 16.9 Å². The molecule has 0 saturated heterocycles. The van der Waals surface area contributed by atoms with Gasteiger partial charge in [0.15, 0.2) is 0 Å². The predicted molar refractivity (Wildman–Crippen MR) is 59.5 cm³/mol. The highest BCUT2D eigenvalue weighted by atomic mass is 16.3. The van der Waals surface area contributed by atoms with E-state index < -0.39 is 0 Å². The molecule has 1 atom stereocenters. The van der Waals surface area contributed by atoms with Gasteiger partial charge in [-0.2, -0.15) is 0 Å². The fourth-order valence-electron chi connectivity index (χ4n) is 1.72. The van der Waals surface area contributed by atoms with Crippen molar-refractivity contribution in [3.63, 3.8) is 0 Å².